The Morgan fingerprint density at radius 3 is 2.30 bits per heavy atom. The zero-order valence-corrected chi connectivity index (χ0v) is 15.5. The van der Waals surface area contributed by atoms with Crippen LogP contribution in [0.1, 0.15) is 5.56 Å². The number of carbonyl (C=O) groups excluding carboxylic acids is 2. The monoisotopic (exact) mass is 368 g/mol. The maximum atomic E-state index is 12.3. The number of hydrogen-bond acceptors (Lipinski definition) is 5. The molecule has 1 amide bonds. The van der Waals surface area contributed by atoms with E-state index in [2.05, 4.69) is 17.0 Å². The molecule has 6 nitrogen and oxygen atoms in total. The zero-order valence-electron chi connectivity index (χ0n) is 15.5. The smallest absolute Gasteiger partial charge is 0.310 e. The number of amides is 1. The summed E-state index contributed by atoms with van der Waals surface area (Å²) in [6.45, 7) is 2.56. The van der Waals surface area contributed by atoms with Crippen molar-refractivity contribution in [1.29, 1.82) is 0 Å². The van der Waals surface area contributed by atoms with Crippen LogP contribution in [0, 0.1) is 0 Å². The molecule has 0 bridgehead atoms. The van der Waals surface area contributed by atoms with Gasteiger partial charge in [0.05, 0.1) is 13.5 Å². The summed E-state index contributed by atoms with van der Waals surface area (Å²) in [5.74, 6) is 0.0460. The Labute approximate surface area is 159 Å². The Balaban J connectivity index is 1.44. The van der Waals surface area contributed by atoms with Gasteiger partial charge in [-0.05, 0) is 18.2 Å². The average molecular weight is 368 g/mol. The lowest BCUT2D eigenvalue weighted by atomic mass is 10.1. The first-order valence-corrected chi connectivity index (χ1v) is 9.02. The summed E-state index contributed by atoms with van der Waals surface area (Å²) in [6.07, 6.45) is 0.0824. The van der Waals surface area contributed by atoms with Gasteiger partial charge >= 0.3 is 5.97 Å². The molecule has 2 aromatic carbocycles. The van der Waals surface area contributed by atoms with Crippen LogP contribution in [0.4, 0.5) is 5.69 Å². The molecule has 142 valence electrons. The largest absolute Gasteiger partial charge is 0.496 e. The van der Waals surface area contributed by atoms with Crippen LogP contribution in [-0.4, -0.2) is 56.7 Å². The first kappa shape index (κ1) is 18.8. The highest BCUT2D eigenvalue weighted by Crippen LogP contribution is 2.18. The Hall–Kier alpha value is -3.02. The Bertz CT molecular complexity index is 771. The van der Waals surface area contributed by atoms with E-state index < -0.39 is 5.97 Å². The fourth-order valence-corrected chi connectivity index (χ4v) is 3.14. The van der Waals surface area contributed by atoms with Gasteiger partial charge in [-0.15, -0.1) is 0 Å². The van der Waals surface area contributed by atoms with Crippen LogP contribution >= 0.6 is 0 Å². The molecule has 0 atom stereocenters. The van der Waals surface area contributed by atoms with E-state index in [9.17, 15) is 9.59 Å². The fourth-order valence-electron chi connectivity index (χ4n) is 3.14. The van der Waals surface area contributed by atoms with Crippen LogP contribution in [0.25, 0.3) is 0 Å². The second kappa shape index (κ2) is 9.07. The Morgan fingerprint density at radius 1 is 0.926 bits per heavy atom. The number of nitrogens with zero attached hydrogens (tertiary/aromatic N) is 2. The van der Waals surface area contributed by atoms with Gasteiger partial charge in [0, 0.05) is 37.4 Å². The number of rotatable bonds is 6. The molecule has 0 saturated carbocycles. The number of anilines is 1. The molecular weight excluding hydrogens is 344 g/mol. The van der Waals surface area contributed by atoms with E-state index in [1.165, 1.54) is 0 Å². The van der Waals surface area contributed by atoms with Gasteiger partial charge in [0.25, 0.3) is 5.91 Å². The van der Waals surface area contributed by atoms with Crippen molar-refractivity contribution in [3.8, 4) is 5.75 Å². The highest BCUT2D eigenvalue weighted by molar-refractivity contribution is 5.81. The molecule has 1 aliphatic heterocycles. The minimum absolute atomic E-state index is 0.0824. The van der Waals surface area contributed by atoms with Crippen molar-refractivity contribution >= 4 is 17.6 Å². The molecule has 0 N–H and O–H groups in total. The molecule has 27 heavy (non-hydrogen) atoms. The first-order valence-electron chi connectivity index (χ1n) is 9.02. The molecule has 1 aliphatic rings. The third kappa shape index (κ3) is 5.00. The van der Waals surface area contributed by atoms with Crippen molar-refractivity contribution < 1.29 is 19.1 Å². The number of methoxy groups -OCH3 is 1. The number of piperazine rings is 1. The number of carbonyl (C=O) groups is 2. The number of ether oxygens (including phenoxy) is 2. The van der Waals surface area contributed by atoms with E-state index in [0.717, 1.165) is 24.3 Å². The molecular formula is C21H24N2O4. The molecule has 1 heterocycles. The van der Waals surface area contributed by atoms with Gasteiger partial charge in [-0.3, -0.25) is 9.59 Å². The van der Waals surface area contributed by atoms with Crippen LogP contribution in [0.2, 0.25) is 0 Å². The van der Waals surface area contributed by atoms with Gasteiger partial charge in [-0.1, -0.05) is 36.4 Å². The van der Waals surface area contributed by atoms with Crippen molar-refractivity contribution in [2.75, 3.05) is 44.8 Å². The van der Waals surface area contributed by atoms with E-state index >= 15 is 0 Å². The highest BCUT2D eigenvalue weighted by atomic mass is 16.5. The average Bonchev–Trinajstić information content (AvgIpc) is 2.73. The van der Waals surface area contributed by atoms with Gasteiger partial charge in [-0.25, -0.2) is 0 Å². The van der Waals surface area contributed by atoms with E-state index in [-0.39, 0.29) is 18.9 Å². The molecule has 0 unspecified atom stereocenters. The Morgan fingerprint density at radius 2 is 1.59 bits per heavy atom. The third-order valence-corrected chi connectivity index (χ3v) is 4.64. The molecule has 3 rings (SSSR count). The fraction of sp³-hybridized carbons (Fsp3) is 0.333. The second-order valence-corrected chi connectivity index (χ2v) is 6.35. The standard InChI is InChI=1S/C21H24N2O4/c1-26-19-10-6-5-7-17(19)15-21(25)27-16-20(24)23-13-11-22(12-14-23)18-8-3-2-4-9-18/h2-10H,11-16H2,1H3. The maximum absolute atomic E-state index is 12.3. The van der Waals surface area contributed by atoms with Gasteiger partial charge in [-0.2, -0.15) is 0 Å². The maximum Gasteiger partial charge on any atom is 0.310 e. The SMILES string of the molecule is COc1ccccc1CC(=O)OCC(=O)N1CCN(c2ccccc2)CC1. The molecule has 2 aromatic rings. The van der Waals surface area contributed by atoms with E-state index in [4.69, 9.17) is 9.47 Å². The zero-order chi connectivity index (χ0) is 19.1. The predicted molar refractivity (Wildman–Crippen MR) is 103 cm³/mol. The second-order valence-electron chi connectivity index (χ2n) is 6.35. The predicted octanol–water partition coefficient (Wildman–Crippen LogP) is 2.13. The van der Waals surface area contributed by atoms with Crippen LogP contribution in [-0.2, 0) is 20.7 Å². The summed E-state index contributed by atoms with van der Waals surface area (Å²) in [5, 5.41) is 0. The normalized spacial score (nSPS) is 14.0. The van der Waals surface area contributed by atoms with E-state index in [1.807, 2.05) is 36.4 Å². The van der Waals surface area contributed by atoms with Crippen LogP contribution in [0.15, 0.2) is 54.6 Å². The summed E-state index contributed by atoms with van der Waals surface area (Å²) >= 11 is 0. The van der Waals surface area contributed by atoms with Gasteiger partial charge < -0.3 is 19.3 Å². The van der Waals surface area contributed by atoms with Crippen molar-refractivity contribution in [3.63, 3.8) is 0 Å². The number of esters is 1. The van der Waals surface area contributed by atoms with Gasteiger partial charge in [0.2, 0.25) is 0 Å². The van der Waals surface area contributed by atoms with Gasteiger partial charge in [0.1, 0.15) is 5.75 Å². The first-order chi connectivity index (χ1) is 13.2. The summed E-state index contributed by atoms with van der Waals surface area (Å²) in [5.41, 5.74) is 1.90. The van der Waals surface area contributed by atoms with Gasteiger partial charge in [0.15, 0.2) is 6.61 Å². The summed E-state index contributed by atoms with van der Waals surface area (Å²) in [7, 11) is 1.56. The van der Waals surface area contributed by atoms with Crippen molar-refractivity contribution in [1.82, 2.24) is 4.90 Å². The molecule has 0 radical (unpaired) electrons. The summed E-state index contributed by atoms with van der Waals surface area (Å²) < 4.78 is 10.4. The lowest BCUT2D eigenvalue weighted by molar-refractivity contribution is -0.151. The molecule has 6 heteroatoms. The van der Waals surface area contributed by atoms with Crippen LogP contribution in [0.3, 0.4) is 0 Å². The molecule has 0 spiro atoms. The number of para-hydroxylation sites is 2. The number of hydrogen-bond donors (Lipinski definition) is 0. The lowest BCUT2D eigenvalue weighted by Gasteiger charge is -2.36. The molecule has 0 aliphatic carbocycles. The van der Waals surface area contributed by atoms with Crippen molar-refractivity contribution in [2.24, 2.45) is 0 Å². The van der Waals surface area contributed by atoms with Crippen LogP contribution in [0.5, 0.6) is 5.75 Å². The quantitative estimate of drug-likeness (QED) is 0.731. The van der Waals surface area contributed by atoms with Crippen molar-refractivity contribution in [2.45, 2.75) is 6.42 Å². The topological polar surface area (TPSA) is 59.1 Å². The summed E-state index contributed by atoms with van der Waals surface area (Å²) in [4.78, 5) is 28.4. The van der Waals surface area contributed by atoms with E-state index in [0.29, 0.717) is 18.8 Å². The number of benzene rings is 2. The molecule has 1 saturated heterocycles. The molecule has 0 aromatic heterocycles. The van der Waals surface area contributed by atoms with Crippen molar-refractivity contribution in [3.05, 3.63) is 60.2 Å². The van der Waals surface area contributed by atoms with E-state index in [1.54, 1.807) is 18.1 Å². The third-order valence-electron chi connectivity index (χ3n) is 4.64. The minimum atomic E-state index is -0.434. The van der Waals surface area contributed by atoms with Crippen LogP contribution < -0.4 is 9.64 Å². The molecule has 1 fully saturated rings. The highest BCUT2D eigenvalue weighted by Gasteiger charge is 2.22. The lowest BCUT2D eigenvalue weighted by Crippen LogP contribution is -2.49. The summed E-state index contributed by atoms with van der Waals surface area (Å²) in [6, 6.07) is 17.4. The minimum Gasteiger partial charge on any atom is -0.496 e. The Kier molecular flexibility index (Phi) is 6.30.